The van der Waals surface area contributed by atoms with Crippen LogP contribution in [-0.2, 0) is 11.4 Å². The molecule has 7 nitrogen and oxygen atoms in total. The topological polar surface area (TPSA) is 85.5 Å². The number of amides is 1. The largest absolute Gasteiger partial charge is 0.495 e. The van der Waals surface area contributed by atoms with Crippen molar-refractivity contribution < 1.29 is 19.0 Å². The first kappa shape index (κ1) is 22.6. The van der Waals surface area contributed by atoms with E-state index < -0.39 is 0 Å². The van der Waals surface area contributed by atoms with Gasteiger partial charge in [0.15, 0.2) is 5.75 Å². The van der Waals surface area contributed by atoms with E-state index in [0.717, 1.165) is 5.69 Å². The predicted octanol–water partition coefficient (Wildman–Crippen LogP) is 4.03. The highest BCUT2D eigenvalue weighted by Crippen LogP contribution is 2.46. The van der Waals surface area contributed by atoms with Crippen LogP contribution in [0, 0.1) is 11.8 Å². The molecule has 31 heavy (non-hydrogen) atoms. The molecule has 0 fully saturated rings. The van der Waals surface area contributed by atoms with Gasteiger partial charge in [0.05, 0.1) is 26.0 Å². The number of benzene rings is 1. The van der Waals surface area contributed by atoms with Crippen molar-refractivity contribution in [1.82, 2.24) is 15.5 Å². The van der Waals surface area contributed by atoms with E-state index in [-0.39, 0.29) is 40.3 Å². The van der Waals surface area contributed by atoms with Gasteiger partial charge in [-0.25, -0.2) is 0 Å². The van der Waals surface area contributed by atoms with E-state index in [9.17, 15) is 4.79 Å². The molecule has 0 bridgehead atoms. The Morgan fingerprint density at radius 2 is 1.84 bits per heavy atom. The molecule has 2 N–H and O–H groups in total. The van der Waals surface area contributed by atoms with E-state index in [1.165, 1.54) is 14.2 Å². The molecule has 1 amide bonds. The zero-order valence-electron chi connectivity index (χ0n) is 17.2. The third-order valence-electron chi connectivity index (χ3n) is 4.58. The van der Waals surface area contributed by atoms with Crippen LogP contribution in [0.3, 0.4) is 0 Å². The zero-order valence-corrected chi connectivity index (χ0v) is 18.7. The van der Waals surface area contributed by atoms with Crippen LogP contribution >= 0.6 is 23.2 Å². The van der Waals surface area contributed by atoms with Crippen LogP contribution < -0.4 is 19.5 Å². The summed E-state index contributed by atoms with van der Waals surface area (Å²) in [5.41, 5.74) is 1.44. The second kappa shape index (κ2) is 10.3. The summed E-state index contributed by atoms with van der Waals surface area (Å²) < 4.78 is 16.3. The molecule has 1 aliphatic carbocycles. The Morgan fingerprint density at radius 3 is 2.48 bits per heavy atom. The van der Waals surface area contributed by atoms with Gasteiger partial charge in [-0.3, -0.25) is 9.89 Å². The molecule has 0 saturated carbocycles. The number of halogens is 2. The van der Waals surface area contributed by atoms with Crippen molar-refractivity contribution in [3.63, 3.8) is 0 Å². The van der Waals surface area contributed by atoms with Crippen molar-refractivity contribution in [1.29, 1.82) is 0 Å². The van der Waals surface area contributed by atoms with Crippen LogP contribution in [0.15, 0.2) is 36.4 Å². The minimum absolute atomic E-state index is 0.108. The van der Waals surface area contributed by atoms with Crippen LogP contribution in [0.2, 0.25) is 10.0 Å². The summed E-state index contributed by atoms with van der Waals surface area (Å²) in [6.07, 6.45) is 7.67. The van der Waals surface area contributed by atoms with Gasteiger partial charge in [-0.05, 0) is 18.9 Å². The predicted molar refractivity (Wildman–Crippen MR) is 119 cm³/mol. The lowest BCUT2D eigenvalue weighted by Gasteiger charge is -2.23. The average molecular weight is 462 g/mol. The molecule has 2 unspecified atom stereocenters. The normalized spacial score (nSPS) is 16.9. The van der Waals surface area contributed by atoms with E-state index in [2.05, 4.69) is 27.4 Å². The number of carbonyl (C=O) groups is 1. The van der Waals surface area contributed by atoms with Crippen LogP contribution in [0.4, 0.5) is 0 Å². The third-order valence-corrected chi connectivity index (χ3v) is 5.29. The van der Waals surface area contributed by atoms with Gasteiger partial charge in [0, 0.05) is 17.7 Å². The van der Waals surface area contributed by atoms with Gasteiger partial charge >= 0.3 is 0 Å². The lowest BCUT2D eigenvalue weighted by Crippen LogP contribution is -2.37. The Balaban J connectivity index is 1.76. The quantitative estimate of drug-likeness (QED) is 0.607. The van der Waals surface area contributed by atoms with Gasteiger partial charge in [0.2, 0.25) is 0 Å². The van der Waals surface area contributed by atoms with Crippen LogP contribution in [0.25, 0.3) is 0 Å². The van der Waals surface area contributed by atoms with E-state index in [1.807, 2.05) is 30.4 Å². The number of hydrogen-bond donors (Lipinski definition) is 2. The molecule has 9 heteroatoms. The number of H-pyrrole nitrogens is 1. The SMILES string of the molecule is CC#CC(=O)NC1C=CC=CC1c1cc(COc2c(Cl)c(OC)cc(OC)c2Cl)n[nH]1. The maximum absolute atomic E-state index is 11.9. The monoisotopic (exact) mass is 461 g/mol. The Hall–Kier alpha value is -3.08. The maximum atomic E-state index is 11.9. The zero-order chi connectivity index (χ0) is 22.4. The van der Waals surface area contributed by atoms with Gasteiger partial charge in [0.25, 0.3) is 5.91 Å². The van der Waals surface area contributed by atoms with Crippen LogP contribution in [-0.4, -0.2) is 36.4 Å². The van der Waals surface area contributed by atoms with Crippen molar-refractivity contribution in [2.24, 2.45) is 0 Å². The summed E-state index contributed by atoms with van der Waals surface area (Å²) >= 11 is 12.7. The summed E-state index contributed by atoms with van der Waals surface area (Å²) in [6, 6.07) is 3.20. The number of nitrogens with zero attached hydrogens (tertiary/aromatic N) is 1. The number of nitrogens with one attached hydrogen (secondary N) is 2. The molecule has 1 aromatic carbocycles. The smallest absolute Gasteiger partial charge is 0.296 e. The highest BCUT2D eigenvalue weighted by atomic mass is 35.5. The van der Waals surface area contributed by atoms with Gasteiger partial charge < -0.3 is 19.5 Å². The number of ether oxygens (including phenoxy) is 3. The number of aromatic amines is 1. The summed E-state index contributed by atoms with van der Waals surface area (Å²) in [6.45, 7) is 1.72. The number of hydrogen-bond acceptors (Lipinski definition) is 5. The molecule has 1 aliphatic rings. The van der Waals surface area contributed by atoms with Gasteiger partial charge in [-0.2, -0.15) is 5.10 Å². The lowest BCUT2D eigenvalue weighted by atomic mass is 9.92. The molecule has 2 atom stereocenters. The second-order valence-electron chi connectivity index (χ2n) is 6.51. The molecule has 1 aromatic heterocycles. The first-order valence-electron chi connectivity index (χ1n) is 9.33. The van der Waals surface area contributed by atoms with E-state index in [1.54, 1.807) is 13.0 Å². The molecule has 1 heterocycles. The van der Waals surface area contributed by atoms with Gasteiger partial charge in [-0.15, -0.1) is 0 Å². The van der Waals surface area contributed by atoms with E-state index in [4.69, 9.17) is 37.4 Å². The number of carbonyl (C=O) groups excluding carboxylic acids is 1. The fourth-order valence-corrected chi connectivity index (χ4v) is 3.71. The molecule has 0 saturated heterocycles. The Morgan fingerprint density at radius 1 is 1.16 bits per heavy atom. The molecular weight excluding hydrogens is 441 g/mol. The molecule has 162 valence electrons. The molecule has 0 spiro atoms. The summed E-state index contributed by atoms with van der Waals surface area (Å²) in [5.74, 6) is 5.63. The maximum Gasteiger partial charge on any atom is 0.296 e. The summed E-state index contributed by atoms with van der Waals surface area (Å²) in [7, 11) is 2.98. The average Bonchev–Trinajstić information content (AvgIpc) is 3.23. The fourth-order valence-electron chi connectivity index (χ4n) is 3.10. The number of aromatic nitrogens is 2. The first-order valence-corrected chi connectivity index (χ1v) is 10.1. The van der Waals surface area contributed by atoms with Crippen molar-refractivity contribution >= 4 is 29.1 Å². The highest BCUT2D eigenvalue weighted by molar-refractivity contribution is 6.39. The Kier molecular flexibility index (Phi) is 7.50. The van der Waals surface area contributed by atoms with Gasteiger partial charge in [0.1, 0.15) is 28.2 Å². The van der Waals surface area contributed by atoms with Crippen molar-refractivity contribution in [3.05, 3.63) is 57.9 Å². The Bertz CT molecular complexity index is 1050. The van der Waals surface area contributed by atoms with E-state index in [0.29, 0.717) is 17.2 Å². The van der Waals surface area contributed by atoms with Crippen molar-refractivity contribution in [2.45, 2.75) is 25.5 Å². The van der Waals surface area contributed by atoms with E-state index >= 15 is 0 Å². The molecule has 0 aliphatic heterocycles. The first-order chi connectivity index (χ1) is 15.0. The summed E-state index contributed by atoms with van der Waals surface area (Å²) in [4.78, 5) is 11.9. The highest BCUT2D eigenvalue weighted by Gasteiger charge is 2.24. The molecule has 2 aromatic rings. The summed E-state index contributed by atoms with van der Waals surface area (Å²) in [5, 5.41) is 10.7. The third kappa shape index (κ3) is 5.16. The van der Waals surface area contributed by atoms with Crippen molar-refractivity contribution in [2.75, 3.05) is 14.2 Å². The fraction of sp³-hybridized carbons (Fsp3) is 0.273. The van der Waals surface area contributed by atoms with Crippen LogP contribution in [0.1, 0.15) is 24.2 Å². The minimum atomic E-state index is -0.336. The lowest BCUT2D eigenvalue weighted by molar-refractivity contribution is -0.116. The van der Waals surface area contributed by atoms with Crippen molar-refractivity contribution in [3.8, 4) is 29.1 Å². The second-order valence-corrected chi connectivity index (χ2v) is 7.27. The molecule has 3 rings (SSSR count). The minimum Gasteiger partial charge on any atom is -0.495 e. The van der Waals surface area contributed by atoms with Gasteiger partial charge in [-0.1, -0.05) is 53.4 Å². The Labute approximate surface area is 190 Å². The number of rotatable bonds is 7. The molecule has 0 radical (unpaired) electrons. The number of allylic oxidation sites excluding steroid dienone is 2. The standard InChI is InChI=1S/C22H21Cl2N3O4/c1-4-7-19(28)25-15-9-6-5-8-14(15)16-10-13(26-27-16)12-31-22-20(23)17(29-2)11-18(30-3)21(22)24/h5-6,8-11,14-15H,12H2,1-3H3,(H,25,28)(H,26,27). The molecular formula is C22H21Cl2N3O4. The van der Waals surface area contributed by atoms with Crippen LogP contribution in [0.5, 0.6) is 17.2 Å². The number of methoxy groups -OCH3 is 2.